The number of carbonyl (C=O) groups is 2. The number of halogens is 2. The number of amides is 1. The van der Waals surface area contributed by atoms with Crippen molar-refractivity contribution in [2.45, 2.75) is 18.8 Å². The van der Waals surface area contributed by atoms with Crippen molar-refractivity contribution >= 4 is 11.9 Å². The van der Waals surface area contributed by atoms with Crippen LogP contribution in [0, 0.1) is 0 Å². The number of rotatable bonds is 2. The van der Waals surface area contributed by atoms with Gasteiger partial charge in [0.15, 0.2) is 0 Å². The van der Waals surface area contributed by atoms with Crippen molar-refractivity contribution in [2.75, 3.05) is 20.2 Å². The predicted molar refractivity (Wildman–Crippen MR) is 67.9 cm³/mol. The third-order valence-corrected chi connectivity index (χ3v) is 3.34. The summed E-state index contributed by atoms with van der Waals surface area (Å²) in [7, 11) is 1.27. The van der Waals surface area contributed by atoms with E-state index < -0.39 is 11.9 Å². The van der Waals surface area contributed by atoms with E-state index in [9.17, 15) is 18.4 Å². The summed E-state index contributed by atoms with van der Waals surface area (Å²) in [6.07, 6.45) is -0.613. The molecule has 4 nitrogen and oxygen atoms in total. The van der Waals surface area contributed by atoms with Crippen LogP contribution >= 0.6 is 0 Å². The van der Waals surface area contributed by atoms with Crippen molar-refractivity contribution in [3.8, 4) is 0 Å². The second-order valence-electron chi connectivity index (χ2n) is 4.72. The second-order valence-corrected chi connectivity index (χ2v) is 4.72. The summed E-state index contributed by atoms with van der Waals surface area (Å²) in [6.45, 7) is 0.0924. The molecule has 0 aliphatic carbocycles. The van der Waals surface area contributed by atoms with Crippen molar-refractivity contribution < 1.29 is 23.1 Å². The number of ether oxygens (including phenoxy) is 1. The van der Waals surface area contributed by atoms with E-state index in [1.54, 1.807) is 0 Å². The lowest BCUT2D eigenvalue weighted by molar-refractivity contribution is -0.0494. The zero-order valence-corrected chi connectivity index (χ0v) is 11.1. The van der Waals surface area contributed by atoms with Gasteiger partial charge in [-0.1, -0.05) is 0 Å². The Bertz CT molecular complexity index is 504. The van der Waals surface area contributed by atoms with Gasteiger partial charge in [0.05, 0.1) is 12.7 Å². The molecule has 0 saturated carbocycles. The number of carbonyl (C=O) groups excluding carboxylic acids is 2. The minimum Gasteiger partial charge on any atom is -0.465 e. The van der Waals surface area contributed by atoms with Gasteiger partial charge in [0.1, 0.15) is 0 Å². The average molecular weight is 283 g/mol. The number of hydrogen-bond acceptors (Lipinski definition) is 3. The normalized spacial score (nSPS) is 17.6. The fourth-order valence-electron chi connectivity index (χ4n) is 2.09. The molecule has 1 saturated heterocycles. The standard InChI is InChI=1S/C14H15F2NO3/c1-20-13(19)11-4-2-10(3-5-11)12(18)17-8-6-14(15,16)7-9-17/h2-5H,6-9H2,1H3. The zero-order valence-electron chi connectivity index (χ0n) is 11.1. The number of alkyl halides is 2. The smallest absolute Gasteiger partial charge is 0.337 e. The number of esters is 1. The van der Waals surface area contributed by atoms with Crippen LogP contribution in [0.5, 0.6) is 0 Å². The van der Waals surface area contributed by atoms with Crippen molar-refractivity contribution in [1.82, 2.24) is 4.90 Å². The highest BCUT2D eigenvalue weighted by Crippen LogP contribution is 2.28. The molecule has 2 rings (SSSR count). The Morgan fingerprint density at radius 3 is 2.10 bits per heavy atom. The van der Waals surface area contributed by atoms with Gasteiger partial charge >= 0.3 is 5.97 Å². The molecule has 0 unspecified atom stereocenters. The van der Waals surface area contributed by atoms with E-state index in [4.69, 9.17) is 0 Å². The fraction of sp³-hybridized carbons (Fsp3) is 0.429. The van der Waals surface area contributed by atoms with E-state index in [0.717, 1.165) is 0 Å². The molecule has 1 aliphatic rings. The summed E-state index contributed by atoms with van der Waals surface area (Å²) in [5.41, 5.74) is 0.720. The molecule has 0 radical (unpaired) electrons. The molecule has 20 heavy (non-hydrogen) atoms. The molecule has 1 amide bonds. The SMILES string of the molecule is COC(=O)c1ccc(C(=O)N2CCC(F)(F)CC2)cc1. The summed E-state index contributed by atoms with van der Waals surface area (Å²) in [6, 6.07) is 5.97. The predicted octanol–water partition coefficient (Wildman–Crippen LogP) is 2.34. The average Bonchev–Trinajstić information content (AvgIpc) is 2.46. The van der Waals surface area contributed by atoms with E-state index in [1.165, 1.54) is 36.3 Å². The van der Waals surface area contributed by atoms with E-state index >= 15 is 0 Å². The highest BCUT2D eigenvalue weighted by molar-refractivity contribution is 5.96. The van der Waals surface area contributed by atoms with Crippen LogP contribution in [0.2, 0.25) is 0 Å². The molecule has 1 heterocycles. The maximum atomic E-state index is 13.0. The Morgan fingerprint density at radius 1 is 1.10 bits per heavy atom. The van der Waals surface area contributed by atoms with Crippen LogP contribution in [0.4, 0.5) is 8.78 Å². The monoisotopic (exact) mass is 283 g/mol. The molecule has 0 spiro atoms. The summed E-state index contributed by atoms with van der Waals surface area (Å²) in [5.74, 6) is -3.45. The van der Waals surface area contributed by atoms with Crippen LogP contribution in [-0.4, -0.2) is 42.9 Å². The zero-order chi connectivity index (χ0) is 14.8. The maximum Gasteiger partial charge on any atom is 0.337 e. The van der Waals surface area contributed by atoms with Crippen molar-refractivity contribution in [3.63, 3.8) is 0 Å². The molecule has 1 aromatic carbocycles. The fourth-order valence-corrected chi connectivity index (χ4v) is 2.09. The highest BCUT2D eigenvalue weighted by Gasteiger charge is 2.35. The Labute approximate surface area is 115 Å². The summed E-state index contributed by atoms with van der Waals surface area (Å²) in [5, 5.41) is 0. The van der Waals surface area contributed by atoms with Gasteiger partial charge in [-0.2, -0.15) is 0 Å². The third kappa shape index (κ3) is 3.12. The number of benzene rings is 1. The Hall–Kier alpha value is -1.98. The molecule has 1 aromatic rings. The number of piperidine rings is 1. The molecule has 0 bridgehead atoms. The van der Waals surface area contributed by atoms with Crippen LogP contribution in [0.1, 0.15) is 33.6 Å². The third-order valence-electron chi connectivity index (χ3n) is 3.34. The Balaban J connectivity index is 2.05. The van der Waals surface area contributed by atoms with Crippen LogP contribution in [0.3, 0.4) is 0 Å². The van der Waals surface area contributed by atoms with Gasteiger partial charge < -0.3 is 9.64 Å². The highest BCUT2D eigenvalue weighted by atomic mass is 19.3. The van der Waals surface area contributed by atoms with Crippen molar-refractivity contribution in [2.24, 2.45) is 0 Å². The van der Waals surface area contributed by atoms with Gasteiger partial charge in [0, 0.05) is 31.5 Å². The Kier molecular flexibility index (Phi) is 4.01. The van der Waals surface area contributed by atoms with Crippen LogP contribution in [-0.2, 0) is 4.74 Å². The molecule has 0 N–H and O–H groups in total. The molecule has 0 atom stereocenters. The first-order valence-corrected chi connectivity index (χ1v) is 6.28. The van der Waals surface area contributed by atoms with E-state index in [0.29, 0.717) is 11.1 Å². The van der Waals surface area contributed by atoms with E-state index in [1.807, 2.05) is 0 Å². The summed E-state index contributed by atoms with van der Waals surface area (Å²) >= 11 is 0. The van der Waals surface area contributed by atoms with Gasteiger partial charge in [-0.3, -0.25) is 4.79 Å². The molecular formula is C14H15F2NO3. The largest absolute Gasteiger partial charge is 0.465 e. The van der Waals surface area contributed by atoms with Gasteiger partial charge in [0.2, 0.25) is 0 Å². The van der Waals surface area contributed by atoms with E-state index in [-0.39, 0.29) is 31.8 Å². The lowest BCUT2D eigenvalue weighted by Gasteiger charge is -2.31. The van der Waals surface area contributed by atoms with Gasteiger partial charge in [-0.15, -0.1) is 0 Å². The van der Waals surface area contributed by atoms with Gasteiger partial charge in [0.25, 0.3) is 11.8 Å². The minimum absolute atomic E-state index is 0.0462. The lowest BCUT2D eigenvalue weighted by Crippen LogP contribution is -2.42. The number of methoxy groups -OCH3 is 1. The van der Waals surface area contributed by atoms with Crippen LogP contribution < -0.4 is 0 Å². The second kappa shape index (κ2) is 5.56. The molecule has 1 fully saturated rings. The maximum absolute atomic E-state index is 13.0. The molecule has 0 aromatic heterocycles. The number of likely N-dealkylation sites (tertiary alicyclic amines) is 1. The summed E-state index contributed by atoms with van der Waals surface area (Å²) in [4.78, 5) is 24.8. The first-order valence-electron chi connectivity index (χ1n) is 6.28. The Morgan fingerprint density at radius 2 is 1.60 bits per heavy atom. The minimum atomic E-state index is -2.68. The molecule has 1 aliphatic heterocycles. The van der Waals surface area contributed by atoms with Gasteiger partial charge in [-0.05, 0) is 24.3 Å². The van der Waals surface area contributed by atoms with Gasteiger partial charge in [-0.25, -0.2) is 13.6 Å². The quantitative estimate of drug-likeness (QED) is 0.783. The molecular weight excluding hydrogens is 268 g/mol. The van der Waals surface area contributed by atoms with Crippen LogP contribution in [0.15, 0.2) is 24.3 Å². The lowest BCUT2D eigenvalue weighted by atomic mass is 10.0. The number of nitrogens with zero attached hydrogens (tertiary/aromatic N) is 1. The van der Waals surface area contributed by atoms with E-state index in [2.05, 4.69) is 4.74 Å². The van der Waals surface area contributed by atoms with Crippen molar-refractivity contribution in [1.29, 1.82) is 0 Å². The van der Waals surface area contributed by atoms with Crippen LogP contribution in [0.25, 0.3) is 0 Å². The molecule has 6 heteroatoms. The topological polar surface area (TPSA) is 46.6 Å². The first kappa shape index (κ1) is 14.4. The summed E-state index contributed by atoms with van der Waals surface area (Å²) < 4.78 is 30.6. The number of hydrogen-bond donors (Lipinski definition) is 0. The van der Waals surface area contributed by atoms with Crippen molar-refractivity contribution in [3.05, 3.63) is 35.4 Å². The first-order chi connectivity index (χ1) is 9.43. The molecule has 108 valence electrons.